The lowest BCUT2D eigenvalue weighted by Crippen LogP contribution is -2.34. The Morgan fingerprint density at radius 2 is 2.21 bits per heavy atom. The largest absolute Gasteiger partial charge is 0.493 e. The molecule has 9 nitrogen and oxygen atoms in total. The standard InChI is InChI=1S/C14H17N3O6S/c1-9(16(19)14(15)18)12-7-10-3-4-11(8-13(10)24-12)22-5-2-6-23-17(20)21/h3-4,7-9,19H,2,5-6H2,1H3,(H2,15,18). The zero-order valence-electron chi connectivity index (χ0n) is 12.9. The van der Waals surface area contributed by atoms with Crippen LogP contribution >= 0.6 is 11.3 Å². The summed E-state index contributed by atoms with van der Waals surface area (Å²) in [4.78, 5) is 26.0. The maximum absolute atomic E-state index is 11.0. The number of urea groups is 1. The van der Waals surface area contributed by atoms with E-state index in [1.54, 1.807) is 13.0 Å². The van der Waals surface area contributed by atoms with Gasteiger partial charge in [-0.3, -0.25) is 5.21 Å². The van der Waals surface area contributed by atoms with Crippen LogP contribution in [0.25, 0.3) is 10.1 Å². The van der Waals surface area contributed by atoms with Gasteiger partial charge >= 0.3 is 6.03 Å². The summed E-state index contributed by atoms with van der Waals surface area (Å²) in [5.74, 6) is 0.625. The molecule has 0 aliphatic rings. The molecule has 0 bridgehead atoms. The summed E-state index contributed by atoms with van der Waals surface area (Å²) in [6.45, 7) is 1.94. The van der Waals surface area contributed by atoms with Crippen molar-refractivity contribution in [3.8, 4) is 5.75 Å². The fraction of sp³-hybridized carbons (Fsp3) is 0.357. The predicted molar refractivity (Wildman–Crippen MR) is 86.5 cm³/mol. The van der Waals surface area contributed by atoms with Gasteiger partial charge in [-0.15, -0.1) is 21.5 Å². The van der Waals surface area contributed by atoms with E-state index in [0.29, 0.717) is 23.8 Å². The van der Waals surface area contributed by atoms with Gasteiger partial charge in [0.2, 0.25) is 0 Å². The number of amides is 2. The minimum absolute atomic E-state index is 0.0185. The molecule has 0 saturated carbocycles. The number of rotatable bonds is 8. The Morgan fingerprint density at radius 1 is 1.46 bits per heavy atom. The molecule has 0 fully saturated rings. The Hall–Kier alpha value is -2.59. The van der Waals surface area contributed by atoms with Crippen molar-refractivity contribution < 1.29 is 24.7 Å². The molecule has 3 N–H and O–H groups in total. The highest BCUT2D eigenvalue weighted by molar-refractivity contribution is 7.19. The third-order valence-corrected chi connectivity index (χ3v) is 4.54. The van der Waals surface area contributed by atoms with E-state index in [9.17, 15) is 20.1 Å². The van der Waals surface area contributed by atoms with Gasteiger partial charge in [-0.25, -0.2) is 4.79 Å². The predicted octanol–water partition coefficient (Wildman–Crippen LogP) is 2.71. The fourth-order valence-corrected chi connectivity index (χ4v) is 3.16. The number of carbonyl (C=O) groups excluding carboxylic acids is 1. The zero-order chi connectivity index (χ0) is 17.7. The molecule has 24 heavy (non-hydrogen) atoms. The van der Waals surface area contributed by atoms with Gasteiger partial charge in [-0.1, -0.05) is 0 Å². The lowest BCUT2D eigenvalue weighted by atomic mass is 10.2. The highest BCUT2D eigenvalue weighted by atomic mass is 32.1. The first kappa shape index (κ1) is 17.8. The van der Waals surface area contributed by atoms with Crippen molar-refractivity contribution in [1.29, 1.82) is 0 Å². The van der Waals surface area contributed by atoms with Crippen molar-refractivity contribution in [2.24, 2.45) is 5.73 Å². The zero-order valence-corrected chi connectivity index (χ0v) is 13.7. The molecule has 1 heterocycles. The Balaban J connectivity index is 2.00. The van der Waals surface area contributed by atoms with Crippen LogP contribution < -0.4 is 10.5 Å². The Kier molecular flexibility index (Phi) is 5.77. The summed E-state index contributed by atoms with van der Waals surface area (Å²) in [7, 11) is 0. The maximum Gasteiger partial charge on any atom is 0.339 e. The fourth-order valence-electron chi connectivity index (χ4n) is 2.03. The topological polar surface area (TPSA) is 128 Å². The highest BCUT2D eigenvalue weighted by Gasteiger charge is 2.19. The summed E-state index contributed by atoms with van der Waals surface area (Å²) >= 11 is 1.41. The molecule has 0 spiro atoms. The average molecular weight is 355 g/mol. The number of fused-ring (bicyclic) bond motifs is 1. The van der Waals surface area contributed by atoms with Gasteiger partial charge in [0.25, 0.3) is 5.09 Å². The first-order valence-electron chi connectivity index (χ1n) is 7.09. The Labute approximate surface area is 141 Å². The molecule has 1 atom stereocenters. The number of nitrogens with zero attached hydrogens (tertiary/aromatic N) is 2. The van der Waals surface area contributed by atoms with Crippen molar-refractivity contribution in [2.45, 2.75) is 19.4 Å². The van der Waals surface area contributed by atoms with Crippen LogP contribution in [0.1, 0.15) is 24.3 Å². The van der Waals surface area contributed by atoms with Crippen LogP contribution in [0.2, 0.25) is 0 Å². The molecule has 0 aliphatic heterocycles. The summed E-state index contributed by atoms with van der Waals surface area (Å²) in [5.41, 5.74) is 5.06. The molecule has 2 aromatic rings. The van der Waals surface area contributed by atoms with Crippen LogP contribution in [0.3, 0.4) is 0 Å². The number of ether oxygens (including phenoxy) is 1. The molecule has 0 radical (unpaired) electrons. The van der Waals surface area contributed by atoms with Gasteiger partial charge in [-0.2, -0.15) is 5.06 Å². The third kappa shape index (κ3) is 4.46. The smallest absolute Gasteiger partial charge is 0.339 e. The van der Waals surface area contributed by atoms with Crippen LogP contribution in [0.5, 0.6) is 5.75 Å². The summed E-state index contributed by atoms with van der Waals surface area (Å²) in [6, 6.07) is 5.87. The average Bonchev–Trinajstić information content (AvgIpc) is 2.95. The number of nitrogens with two attached hydrogens (primary N) is 1. The molecule has 2 amide bonds. The SMILES string of the molecule is CC(c1cc2ccc(OCCCO[N+](=O)[O-])cc2s1)N(O)C(N)=O. The molecule has 1 aromatic heterocycles. The van der Waals surface area contributed by atoms with Gasteiger partial charge in [0.05, 0.1) is 19.3 Å². The van der Waals surface area contributed by atoms with Crippen molar-refractivity contribution in [3.63, 3.8) is 0 Å². The Morgan fingerprint density at radius 3 is 2.88 bits per heavy atom. The molecule has 0 saturated heterocycles. The molecular weight excluding hydrogens is 338 g/mol. The lowest BCUT2D eigenvalue weighted by molar-refractivity contribution is -0.757. The van der Waals surface area contributed by atoms with E-state index in [1.807, 2.05) is 18.2 Å². The lowest BCUT2D eigenvalue weighted by Gasteiger charge is -2.18. The second kappa shape index (κ2) is 7.79. The summed E-state index contributed by atoms with van der Waals surface area (Å²) < 4.78 is 6.45. The van der Waals surface area contributed by atoms with Gasteiger partial charge < -0.3 is 15.3 Å². The second-order valence-corrected chi connectivity index (χ2v) is 6.08. The first-order chi connectivity index (χ1) is 11.4. The highest BCUT2D eigenvalue weighted by Crippen LogP contribution is 2.34. The number of thiophene rings is 1. The molecule has 2 rings (SSSR count). The van der Waals surface area contributed by atoms with E-state index in [2.05, 4.69) is 4.84 Å². The van der Waals surface area contributed by atoms with Crippen molar-refractivity contribution in [3.05, 3.63) is 39.3 Å². The van der Waals surface area contributed by atoms with E-state index in [-0.39, 0.29) is 6.61 Å². The van der Waals surface area contributed by atoms with E-state index >= 15 is 0 Å². The van der Waals surface area contributed by atoms with Crippen LogP contribution in [0, 0.1) is 10.1 Å². The molecule has 1 unspecified atom stereocenters. The molecule has 130 valence electrons. The number of hydroxylamine groups is 2. The normalized spacial score (nSPS) is 11.9. The summed E-state index contributed by atoms with van der Waals surface area (Å²) in [6.07, 6.45) is 0.393. The van der Waals surface area contributed by atoms with Gasteiger partial charge in [0.1, 0.15) is 5.75 Å². The van der Waals surface area contributed by atoms with Crippen LogP contribution in [-0.4, -0.2) is 34.6 Å². The van der Waals surface area contributed by atoms with E-state index in [1.165, 1.54) is 11.3 Å². The second-order valence-electron chi connectivity index (χ2n) is 4.97. The quantitative estimate of drug-likeness (QED) is 0.324. The molecule has 1 aromatic carbocycles. The van der Waals surface area contributed by atoms with E-state index < -0.39 is 17.2 Å². The molecule has 0 aliphatic carbocycles. The first-order valence-corrected chi connectivity index (χ1v) is 7.91. The van der Waals surface area contributed by atoms with Gasteiger partial charge in [0, 0.05) is 16.0 Å². The monoisotopic (exact) mass is 355 g/mol. The number of hydrogen-bond acceptors (Lipinski definition) is 7. The van der Waals surface area contributed by atoms with Crippen molar-refractivity contribution in [1.82, 2.24) is 5.06 Å². The van der Waals surface area contributed by atoms with Gasteiger partial charge in [-0.05, 0) is 36.6 Å². The Bertz CT molecular complexity index is 734. The van der Waals surface area contributed by atoms with Crippen LogP contribution in [0.15, 0.2) is 24.3 Å². The van der Waals surface area contributed by atoms with Crippen LogP contribution in [0.4, 0.5) is 4.79 Å². The van der Waals surface area contributed by atoms with Crippen molar-refractivity contribution >= 4 is 27.5 Å². The van der Waals surface area contributed by atoms with Gasteiger partial charge in [0.15, 0.2) is 0 Å². The third-order valence-electron chi connectivity index (χ3n) is 3.27. The minimum Gasteiger partial charge on any atom is -0.493 e. The van der Waals surface area contributed by atoms with E-state index in [0.717, 1.165) is 15.0 Å². The number of carbonyl (C=O) groups is 1. The maximum atomic E-state index is 11.0. The van der Waals surface area contributed by atoms with Crippen molar-refractivity contribution in [2.75, 3.05) is 13.2 Å². The van der Waals surface area contributed by atoms with E-state index in [4.69, 9.17) is 10.5 Å². The molecule has 10 heteroatoms. The number of benzene rings is 1. The number of primary amides is 1. The van der Waals surface area contributed by atoms with Crippen LogP contribution in [-0.2, 0) is 4.84 Å². The summed E-state index contributed by atoms with van der Waals surface area (Å²) in [5, 5.41) is 20.2. The number of hydrogen-bond donors (Lipinski definition) is 2. The molecular formula is C14H17N3O6S. The minimum atomic E-state index is -0.916.